The largest absolute Gasteiger partial charge is 0.493 e. The molecule has 4 aromatic rings. The van der Waals surface area contributed by atoms with Gasteiger partial charge in [-0.3, -0.25) is 9.59 Å². The fourth-order valence-corrected chi connectivity index (χ4v) is 4.73. The Morgan fingerprint density at radius 3 is 2.43 bits per heavy atom. The van der Waals surface area contributed by atoms with Crippen molar-refractivity contribution < 1.29 is 32.9 Å². The molecule has 1 aliphatic heterocycles. The Morgan fingerprint density at radius 1 is 1.00 bits per heavy atom. The second-order valence-electron chi connectivity index (χ2n) is 11.1. The number of hydrogen-bond acceptors (Lipinski definition) is 9. The summed E-state index contributed by atoms with van der Waals surface area (Å²) in [5, 5.41) is 15.6. The lowest BCUT2D eigenvalue weighted by Gasteiger charge is -2.33. The van der Waals surface area contributed by atoms with Crippen molar-refractivity contribution in [1.82, 2.24) is 30.4 Å². The van der Waals surface area contributed by atoms with Crippen molar-refractivity contribution in [2.75, 3.05) is 21.0 Å². The van der Waals surface area contributed by atoms with Crippen LogP contribution in [0, 0.1) is 5.82 Å². The number of carbonyl (C=O) groups excluding carboxylic acids is 2. The SMILES string of the molecule is COc1ccc(-c2nnn(CC(=O)N(Cc3ccc4c(c3)OCO4)C(C(=O)NC(C)(C)C)c3ccc(F)cc3)n2)cc1OC. The van der Waals surface area contributed by atoms with Crippen molar-refractivity contribution in [1.29, 1.82) is 0 Å². The number of methoxy groups -OCH3 is 2. The molecule has 5 rings (SSSR count). The summed E-state index contributed by atoms with van der Waals surface area (Å²) in [6, 6.07) is 14.8. The number of hydrogen-bond donors (Lipinski definition) is 1. The third-order valence-electron chi connectivity index (χ3n) is 6.73. The molecule has 0 fully saturated rings. The third-order valence-corrected chi connectivity index (χ3v) is 6.73. The van der Waals surface area contributed by atoms with Crippen molar-refractivity contribution in [3.63, 3.8) is 0 Å². The summed E-state index contributed by atoms with van der Waals surface area (Å²) in [7, 11) is 3.06. The minimum atomic E-state index is -1.11. The number of benzene rings is 3. The van der Waals surface area contributed by atoms with Crippen LogP contribution in [-0.2, 0) is 22.7 Å². The first-order valence-corrected chi connectivity index (χ1v) is 13.8. The molecular formula is C31H33FN6O6. The number of tetrazole rings is 1. The molecule has 2 amide bonds. The van der Waals surface area contributed by atoms with Crippen LogP contribution >= 0.6 is 0 Å². The van der Waals surface area contributed by atoms with E-state index in [1.54, 1.807) is 36.4 Å². The van der Waals surface area contributed by atoms with Gasteiger partial charge in [-0.25, -0.2) is 4.39 Å². The Hall–Kier alpha value is -5.20. The monoisotopic (exact) mass is 604 g/mol. The zero-order chi connectivity index (χ0) is 31.4. The lowest BCUT2D eigenvalue weighted by atomic mass is 10.0. The highest BCUT2D eigenvalue weighted by Crippen LogP contribution is 2.34. The van der Waals surface area contributed by atoms with E-state index in [1.807, 2.05) is 20.8 Å². The number of rotatable bonds is 10. The predicted molar refractivity (Wildman–Crippen MR) is 157 cm³/mol. The van der Waals surface area contributed by atoms with E-state index in [4.69, 9.17) is 18.9 Å². The van der Waals surface area contributed by atoms with Gasteiger partial charge in [0.2, 0.25) is 24.4 Å². The van der Waals surface area contributed by atoms with Crippen LogP contribution < -0.4 is 24.3 Å². The van der Waals surface area contributed by atoms with Gasteiger partial charge in [0.15, 0.2) is 23.0 Å². The van der Waals surface area contributed by atoms with Gasteiger partial charge >= 0.3 is 0 Å². The molecule has 230 valence electrons. The fourth-order valence-electron chi connectivity index (χ4n) is 4.73. The Kier molecular flexibility index (Phi) is 8.65. The highest BCUT2D eigenvalue weighted by atomic mass is 19.1. The van der Waals surface area contributed by atoms with Gasteiger partial charge in [-0.05, 0) is 79.6 Å². The molecule has 2 heterocycles. The molecule has 1 aliphatic rings. The van der Waals surface area contributed by atoms with E-state index in [0.717, 1.165) is 4.80 Å². The van der Waals surface area contributed by atoms with Crippen LogP contribution in [0.5, 0.6) is 23.0 Å². The first-order chi connectivity index (χ1) is 21.0. The molecular weight excluding hydrogens is 571 g/mol. The highest BCUT2D eigenvalue weighted by molar-refractivity contribution is 5.89. The summed E-state index contributed by atoms with van der Waals surface area (Å²) in [4.78, 5) is 30.5. The normalized spacial score (nSPS) is 12.9. The number of fused-ring (bicyclic) bond motifs is 1. The minimum absolute atomic E-state index is 0.0202. The first kappa shape index (κ1) is 30.3. The third kappa shape index (κ3) is 6.88. The van der Waals surface area contributed by atoms with Gasteiger partial charge in [-0.1, -0.05) is 18.2 Å². The van der Waals surface area contributed by atoms with E-state index in [1.165, 1.54) is 43.4 Å². The molecule has 0 spiro atoms. The quantitative estimate of drug-likeness (QED) is 0.286. The van der Waals surface area contributed by atoms with Gasteiger partial charge in [0, 0.05) is 17.6 Å². The average molecular weight is 605 g/mol. The zero-order valence-electron chi connectivity index (χ0n) is 25.0. The highest BCUT2D eigenvalue weighted by Gasteiger charge is 2.34. The topological polar surface area (TPSA) is 130 Å². The van der Waals surface area contributed by atoms with Crippen LogP contribution in [0.15, 0.2) is 60.7 Å². The van der Waals surface area contributed by atoms with E-state index < -0.39 is 29.2 Å². The maximum Gasteiger partial charge on any atom is 0.247 e. The number of nitrogens with one attached hydrogen (secondary N) is 1. The first-order valence-electron chi connectivity index (χ1n) is 13.8. The molecule has 1 N–H and O–H groups in total. The number of carbonyl (C=O) groups is 2. The van der Waals surface area contributed by atoms with Crippen LogP contribution in [0.25, 0.3) is 11.4 Å². The minimum Gasteiger partial charge on any atom is -0.493 e. The van der Waals surface area contributed by atoms with Gasteiger partial charge in [0.1, 0.15) is 18.4 Å². The Labute approximate surface area is 253 Å². The van der Waals surface area contributed by atoms with Crippen LogP contribution in [0.3, 0.4) is 0 Å². The molecule has 12 nitrogen and oxygen atoms in total. The summed E-state index contributed by atoms with van der Waals surface area (Å²) < 4.78 is 35.5. The predicted octanol–water partition coefficient (Wildman–Crippen LogP) is 3.91. The Bertz CT molecular complexity index is 1650. The Morgan fingerprint density at radius 2 is 1.73 bits per heavy atom. The van der Waals surface area contributed by atoms with Gasteiger partial charge < -0.3 is 29.2 Å². The second-order valence-corrected chi connectivity index (χ2v) is 11.1. The molecule has 0 saturated carbocycles. The van der Waals surface area contributed by atoms with Crippen molar-refractivity contribution in [3.8, 4) is 34.4 Å². The molecule has 0 aliphatic carbocycles. The smallest absolute Gasteiger partial charge is 0.247 e. The molecule has 1 atom stereocenters. The maximum absolute atomic E-state index is 14.1. The van der Waals surface area contributed by atoms with E-state index in [0.29, 0.717) is 39.7 Å². The van der Waals surface area contributed by atoms with E-state index in [-0.39, 0.29) is 25.7 Å². The molecule has 1 unspecified atom stereocenters. The van der Waals surface area contributed by atoms with Crippen LogP contribution in [0.2, 0.25) is 0 Å². The summed E-state index contributed by atoms with van der Waals surface area (Å²) in [6.45, 7) is 5.30. The number of ether oxygens (including phenoxy) is 4. The molecule has 3 aromatic carbocycles. The standard InChI is InChI=1S/C31H33FN6O6/c1-31(2,3)33-30(40)28(20-7-10-22(32)11-8-20)37(16-19-6-12-24-26(14-19)44-18-43-24)27(39)17-38-35-29(34-36-38)21-9-13-23(41-4)25(15-21)42-5/h6-15,28H,16-18H2,1-5H3,(H,33,40). The second kappa shape index (κ2) is 12.6. The van der Waals surface area contributed by atoms with E-state index >= 15 is 0 Å². The lowest BCUT2D eigenvalue weighted by molar-refractivity contribution is -0.143. The number of aromatic nitrogens is 4. The van der Waals surface area contributed by atoms with Crippen LogP contribution in [-0.4, -0.2) is 63.5 Å². The van der Waals surface area contributed by atoms with Gasteiger partial charge in [0.25, 0.3) is 0 Å². The fraction of sp³-hybridized carbons (Fsp3) is 0.323. The Balaban J connectivity index is 1.49. The number of nitrogens with zero attached hydrogens (tertiary/aromatic N) is 5. The maximum atomic E-state index is 14.1. The van der Waals surface area contributed by atoms with E-state index in [2.05, 4.69) is 20.7 Å². The van der Waals surface area contributed by atoms with Gasteiger partial charge in [-0.2, -0.15) is 4.80 Å². The summed E-state index contributed by atoms with van der Waals surface area (Å²) in [5.41, 5.74) is 1.12. The van der Waals surface area contributed by atoms with Crippen molar-refractivity contribution in [2.24, 2.45) is 0 Å². The van der Waals surface area contributed by atoms with Crippen molar-refractivity contribution >= 4 is 11.8 Å². The molecule has 0 radical (unpaired) electrons. The molecule has 13 heteroatoms. The number of amides is 2. The van der Waals surface area contributed by atoms with Gasteiger partial charge in [0.05, 0.1) is 14.2 Å². The van der Waals surface area contributed by atoms with Crippen LogP contribution in [0.4, 0.5) is 4.39 Å². The van der Waals surface area contributed by atoms with Crippen LogP contribution in [0.1, 0.15) is 37.9 Å². The molecule has 44 heavy (non-hydrogen) atoms. The number of halogens is 1. The molecule has 0 saturated heterocycles. The average Bonchev–Trinajstić information content (AvgIpc) is 3.66. The van der Waals surface area contributed by atoms with E-state index in [9.17, 15) is 14.0 Å². The lowest BCUT2D eigenvalue weighted by Crippen LogP contribution is -2.49. The van der Waals surface area contributed by atoms with Gasteiger partial charge in [-0.15, -0.1) is 10.2 Å². The summed E-state index contributed by atoms with van der Waals surface area (Å²) in [5.74, 6) is 1.03. The molecule has 1 aromatic heterocycles. The summed E-state index contributed by atoms with van der Waals surface area (Å²) in [6.07, 6.45) is 0. The van der Waals surface area contributed by atoms with Crippen molar-refractivity contribution in [3.05, 3.63) is 77.6 Å². The zero-order valence-corrected chi connectivity index (χ0v) is 25.0. The summed E-state index contributed by atoms with van der Waals surface area (Å²) >= 11 is 0. The molecule has 0 bridgehead atoms. The van der Waals surface area contributed by atoms with Crippen molar-refractivity contribution in [2.45, 2.75) is 45.4 Å².